The van der Waals surface area contributed by atoms with Crippen LogP contribution in [0.2, 0.25) is 0 Å². The molecule has 0 spiro atoms. The molecule has 1 saturated carbocycles. The molecule has 0 radical (unpaired) electrons. The molecule has 0 unspecified atom stereocenters. The minimum atomic E-state index is -0.136. The first kappa shape index (κ1) is 9.79. The van der Waals surface area contributed by atoms with E-state index in [0.29, 0.717) is 11.8 Å². The third kappa shape index (κ3) is 2.10. The SMILES string of the molecule is C=C[C@@H]1CC[C@H](C(C)C)C[C@H]1O. The van der Waals surface area contributed by atoms with Crippen LogP contribution in [0.15, 0.2) is 12.7 Å². The molecule has 1 aliphatic rings. The van der Waals surface area contributed by atoms with Crippen molar-refractivity contribution in [2.24, 2.45) is 17.8 Å². The van der Waals surface area contributed by atoms with Crippen LogP contribution in [0.1, 0.15) is 33.1 Å². The van der Waals surface area contributed by atoms with Crippen LogP contribution in [-0.4, -0.2) is 11.2 Å². The van der Waals surface area contributed by atoms with Crippen LogP contribution in [0.5, 0.6) is 0 Å². The van der Waals surface area contributed by atoms with E-state index in [1.807, 2.05) is 6.08 Å². The van der Waals surface area contributed by atoms with Gasteiger partial charge in [0.25, 0.3) is 0 Å². The van der Waals surface area contributed by atoms with Gasteiger partial charge in [-0.05, 0) is 31.1 Å². The van der Waals surface area contributed by atoms with Crippen LogP contribution in [0.25, 0.3) is 0 Å². The van der Waals surface area contributed by atoms with Gasteiger partial charge in [-0.1, -0.05) is 19.9 Å². The van der Waals surface area contributed by atoms with Crippen LogP contribution in [0, 0.1) is 17.8 Å². The summed E-state index contributed by atoms with van der Waals surface area (Å²) in [5.41, 5.74) is 0. The molecule has 1 aliphatic carbocycles. The molecule has 0 bridgehead atoms. The molecule has 0 aromatic heterocycles. The first-order chi connectivity index (χ1) is 5.65. The molecule has 0 heterocycles. The minimum absolute atomic E-state index is 0.136. The Kier molecular flexibility index (Phi) is 3.33. The Bertz CT molecular complexity index is 151. The van der Waals surface area contributed by atoms with Gasteiger partial charge < -0.3 is 5.11 Å². The maximum Gasteiger partial charge on any atom is 0.0605 e. The van der Waals surface area contributed by atoms with E-state index in [1.54, 1.807) is 0 Å². The Balaban J connectivity index is 2.45. The average Bonchev–Trinajstić information content (AvgIpc) is 2.04. The summed E-state index contributed by atoms with van der Waals surface area (Å²) in [7, 11) is 0. The molecular weight excluding hydrogens is 148 g/mol. The maximum atomic E-state index is 9.72. The van der Waals surface area contributed by atoms with Crippen molar-refractivity contribution in [1.29, 1.82) is 0 Å². The highest BCUT2D eigenvalue weighted by molar-refractivity contribution is 4.90. The fourth-order valence-electron chi connectivity index (χ4n) is 2.08. The summed E-state index contributed by atoms with van der Waals surface area (Å²) in [4.78, 5) is 0. The Morgan fingerprint density at radius 3 is 2.50 bits per heavy atom. The van der Waals surface area contributed by atoms with Crippen molar-refractivity contribution in [2.75, 3.05) is 0 Å². The molecule has 1 nitrogen and oxygen atoms in total. The maximum absolute atomic E-state index is 9.72. The second-order valence-electron chi connectivity index (χ2n) is 4.28. The van der Waals surface area contributed by atoms with Crippen LogP contribution in [0.3, 0.4) is 0 Å². The summed E-state index contributed by atoms with van der Waals surface area (Å²) in [5, 5.41) is 9.72. The van der Waals surface area contributed by atoms with Crippen LogP contribution >= 0.6 is 0 Å². The topological polar surface area (TPSA) is 20.2 Å². The normalized spacial score (nSPS) is 36.8. The van der Waals surface area contributed by atoms with Crippen molar-refractivity contribution in [3.63, 3.8) is 0 Å². The van der Waals surface area contributed by atoms with Crippen molar-refractivity contribution in [3.05, 3.63) is 12.7 Å². The number of rotatable bonds is 2. The Labute approximate surface area is 75.5 Å². The van der Waals surface area contributed by atoms with Crippen molar-refractivity contribution in [2.45, 2.75) is 39.2 Å². The third-order valence-corrected chi connectivity index (χ3v) is 3.15. The van der Waals surface area contributed by atoms with Crippen molar-refractivity contribution < 1.29 is 5.11 Å². The smallest absolute Gasteiger partial charge is 0.0605 e. The van der Waals surface area contributed by atoms with E-state index in [9.17, 15) is 5.11 Å². The molecule has 1 fully saturated rings. The zero-order chi connectivity index (χ0) is 9.14. The van der Waals surface area contributed by atoms with Gasteiger partial charge in [-0.2, -0.15) is 0 Å². The van der Waals surface area contributed by atoms with E-state index in [-0.39, 0.29) is 6.10 Å². The highest BCUT2D eigenvalue weighted by Crippen LogP contribution is 2.33. The lowest BCUT2D eigenvalue weighted by atomic mass is 9.75. The second-order valence-corrected chi connectivity index (χ2v) is 4.28. The number of hydrogen-bond acceptors (Lipinski definition) is 1. The summed E-state index contributed by atoms with van der Waals surface area (Å²) in [6, 6.07) is 0. The molecule has 0 saturated heterocycles. The van der Waals surface area contributed by atoms with E-state index in [0.717, 1.165) is 18.8 Å². The van der Waals surface area contributed by atoms with Gasteiger partial charge in [0, 0.05) is 5.92 Å². The van der Waals surface area contributed by atoms with Gasteiger partial charge in [0.1, 0.15) is 0 Å². The van der Waals surface area contributed by atoms with E-state index in [4.69, 9.17) is 0 Å². The monoisotopic (exact) mass is 168 g/mol. The number of hydrogen-bond donors (Lipinski definition) is 1. The predicted molar refractivity (Wildman–Crippen MR) is 51.9 cm³/mol. The van der Waals surface area contributed by atoms with Gasteiger partial charge in [-0.25, -0.2) is 0 Å². The first-order valence-electron chi connectivity index (χ1n) is 4.95. The quantitative estimate of drug-likeness (QED) is 0.628. The zero-order valence-corrected chi connectivity index (χ0v) is 8.16. The zero-order valence-electron chi connectivity index (χ0n) is 8.16. The Morgan fingerprint density at radius 1 is 1.42 bits per heavy atom. The molecule has 1 rings (SSSR count). The standard InChI is InChI=1S/C11H20O/c1-4-9-5-6-10(8(2)3)7-11(9)12/h4,8-12H,1,5-7H2,2-3H3/t9-,10+,11-/m1/s1. The molecule has 1 N–H and O–H groups in total. The van der Waals surface area contributed by atoms with Crippen molar-refractivity contribution in [3.8, 4) is 0 Å². The van der Waals surface area contributed by atoms with Gasteiger partial charge >= 0.3 is 0 Å². The van der Waals surface area contributed by atoms with Gasteiger partial charge in [-0.3, -0.25) is 0 Å². The minimum Gasteiger partial charge on any atom is -0.393 e. The lowest BCUT2D eigenvalue weighted by Crippen LogP contribution is -2.30. The fraction of sp³-hybridized carbons (Fsp3) is 0.818. The van der Waals surface area contributed by atoms with Gasteiger partial charge in [-0.15, -0.1) is 6.58 Å². The number of aliphatic hydroxyl groups is 1. The summed E-state index contributed by atoms with van der Waals surface area (Å²) < 4.78 is 0. The fourth-order valence-corrected chi connectivity index (χ4v) is 2.08. The second kappa shape index (κ2) is 4.08. The predicted octanol–water partition coefficient (Wildman–Crippen LogP) is 2.61. The summed E-state index contributed by atoms with van der Waals surface area (Å²) in [6.45, 7) is 8.23. The van der Waals surface area contributed by atoms with E-state index in [1.165, 1.54) is 6.42 Å². The molecular formula is C11H20O. The Morgan fingerprint density at radius 2 is 2.08 bits per heavy atom. The number of aliphatic hydroxyl groups excluding tert-OH is 1. The van der Waals surface area contributed by atoms with Crippen molar-refractivity contribution in [1.82, 2.24) is 0 Å². The molecule has 70 valence electrons. The van der Waals surface area contributed by atoms with Crippen molar-refractivity contribution >= 4 is 0 Å². The third-order valence-electron chi connectivity index (χ3n) is 3.15. The van der Waals surface area contributed by atoms with Gasteiger partial charge in [0.2, 0.25) is 0 Å². The average molecular weight is 168 g/mol. The molecule has 0 aromatic rings. The molecule has 0 aromatic carbocycles. The summed E-state index contributed by atoms with van der Waals surface area (Å²) in [5.74, 6) is 1.78. The van der Waals surface area contributed by atoms with E-state index in [2.05, 4.69) is 20.4 Å². The van der Waals surface area contributed by atoms with Gasteiger partial charge in [0.05, 0.1) is 6.10 Å². The van der Waals surface area contributed by atoms with Crippen LogP contribution in [0.4, 0.5) is 0 Å². The highest BCUT2D eigenvalue weighted by Gasteiger charge is 2.28. The van der Waals surface area contributed by atoms with Crippen LogP contribution < -0.4 is 0 Å². The molecule has 3 atom stereocenters. The summed E-state index contributed by atoms with van der Waals surface area (Å²) in [6.07, 6.45) is 5.11. The lowest BCUT2D eigenvalue weighted by Gasteiger charge is -2.33. The van der Waals surface area contributed by atoms with Gasteiger partial charge in [0.15, 0.2) is 0 Å². The lowest BCUT2D eigenvalue weighted by molar-refractivity contribution is 0.0529. The summed E-state index contributed by atoms with van der Waals surface area (Å²) >= 11 is 0. The first-order valence-corrected chi connectivity index (χ1v) is 4.95. The molecule has 0 aliphatic heterocycles. The van der Waals surface area contributed by atoms with E-state index >= 15 is 0 Å². The van der Waals surface area contributed by atoms with Crippen LogP contribution in [-0.2, 0) is 0 Å². The largest absolute Gasteiger partial charge is 0.393 e. The molecule has 0 amide bonds. The Hall–Kier alpha value is -0.300. The molecule has 12 heavy (non-hydrogen) atoms. The van der Waals surface area contributed by atoms with E-state index < -0.39 is 0 Å². The molecule has 1 heteroatoms. The highest BCUT2D eigenvalue weighted by atomic mass is 16.3.